The van der Waals surface area contributed by atoms with Crippen molar-refractivity contribution in [1.29, 1.82) is 0 Å². The summed E-state index contributed by atoms with van der Waals surface area (Å²) in [5.41, 5.74) is -1.24. The molecule has 32 atom stereocenters. The highest BCUT2D eigenvalue weighted by atomic mass is 16.8. The number of hydrogen-bond acceptors (Lipinski definition) is 29. The Morgan fingerprint density at radius 2 is 1.14 bits per heavy atom. The summed E-state index contributed by atoms with van der Waals surface area (Å²) in [5.74, 6) is -0.763. The van der Waals surface area contributed by atoms with Crippen molar-refractivity contribution in [3.05, 3.63) is 65.2 Å². The van der Waals surface area contributed by atoms with Crippen LogP contribution in [0.15, 0.2) is 54.1 Å². The van der Waals surface area contributed by atoms with E-state index in [4.69, 9.17) is 52.1 Å². The largest absolute Gasteiger partial charge is 0.508 e. The lowest BCUT2D eigenvalue weighted by molar-refractivity contribution is -0.374. The Balaban J connectivity index is 0.000000474. The molecule has 4 saturated carbocycles. The lowest BCUT2D eigenvalue weighted by Gasteiger charge is -2.71. The monoisotopic (exact) mass is 1450 g/mol. The third-order valence-corrected chi connectivity index (χ3v) is 25.5. The fourth-order valence-electron chi connectivity index (χ4n) is 19.3. The molecule has 0 amide bonds. The summed E-state index contributed by atoms with van der Waals surface area (Å²) in [7, 11) is 1.58. The van der Waals surface area contributed by atoms with Crippen molar-refractivity contribution in [2.45, 2.75) is 280 Å². The minimum atomic E-state index is -1.93. The van der Waals surface area contributed by atoms with Gasteiger partial charge >= 0.3 is 5.97 Å². The Morgan fingerprint density at radius 1 is 0.569 bits per heavy atom. The molecule has 0 spiro atoms. The summed E-state index contributed by atoms with van der Waals surface area (Å²) < 4.78 is 64.7. The van der Waals surface area contributed by atoms with E-state index < -0.39 is 195 Å². The van der Waals surface area contributed by atoms with Gasteiger partial charge < -0.3 is 134 Å². The Kier molecular flexibility index (Phi) is 23.3. The summed E-state index contributed by atoms with van der Waals surface area (Å²) in [6, 6.07) is 11.1. The topological polar surface area (TPSA) is 459 Å². The minimum absolute atomic E-state index is 0.0708. The van der Waals surface area contributed by atoms with Crippen LogP contribution in [0.4, 0.5) is 0 Å². The van der Waals surface area contributed by atoms with Gasteiger partial charge in [-0.1, -0.05) is 72.2 Å². The second kappa shape index (κ2) is 30.1. The molecule has 102 heavy (non-hydrogen) atoms. The summed E-state index contributed by atoms with van der Waals surface area (Å²) in [6.07, 6.45) is -29.1. The number of Topliss-reactive ketones (excluding diaryl/α,β-unsaturated/α-hetero) is 1. The number of allylic oxidation sites excluding steroid dienone is 2. The maximum absolute atomic E-state index is 15.4. The molecule has 29 nitrogen and oxygen atoms in total. The maximum Gasteiger partial charge on any atom is 0.317 e. The number of phenols is 2. The molecule has 0 bridgehead atoms. The summed E-state index contributed by atoms with van der Waals surface area (Å²) >= 11 is 0. The van der Waals surface area contributed by atoms with Crippen LogP contribution in [0, 0.1) is 50.2 Å². The third kappa shape index (κ3) is 14.3. The van der Waals surface area contributed by atoms with Crippen LogP contribution in [-0.4, -0.2) is 274 Å². The van der Waals surface area contributed by atoms with Crippen molar-refractivity contribution in [1.82, 2.24) is 0 Å². The second-order valence-electron chi connectivity index (χ2n) is 32.4. The molecule has 9 fully saturated rings. The number of fused-ring (bicyclic) bond motifs is 7. The van der Waals surface area contributed by atoms with Gasteiger partial charge in [0.1, 0.15) is 114 Å². The van der Waals surface area contributed by atoms with Crippen LogP contribution in [0.3, 0.4) is 0 Å². The number of hydrogen-bond donors (Lipinski definition) is 16. The fraction of sp³-hybridized carbons (Fsp3) is 0.781. The predicted octanol–water partition coefficient (Wildman–Crippen LogP) is 0.625. The van der Waals surface area contributed by atoms with Crippen LogP contribution < -0.4 is 4.74 Å². The van der Waals surface area contributed by atoms with Crippen molar-refractivity contribution < 1.29 is 143 Å². The smallest absolute Gasteiger partial charge is 0.317 e. The number of aromatic hydroxyl groups is 2. The fourth-order valence-corrected chi connectivity index (χ4v) is 19.3. The van der Waals surface area contributed by atoms with Crippen molar-refractivity contribution in [3.8, 4) is 17.2 Å². The van der Waals surface area contributed by atoms with Crippen molar-refractivity contribution in [3.63, 3.8) is 0 Å². The molecule has 2 aromatic carbocycles. The Bertz CT molecular complexity index is 3260. The van der Waals surface area contributed by atoms with Gasteiger partial charge in [-0.25, -0.2) is 0 Å². The van der Waals surface area contributed by atoms with Crippen molar-refractivity contribution in [2.75, 3.05) is 26.9 Å². The van der Waals surface area contributed by atoms with E-state index in [1.165, 1.54) is 19.1 Å². The molecule has 5 aliphatic carbocycles. The molecular weight excluding hydrogens is 1340 g/mol. The molecule has 574 valence electrons. The number of carbonyl (C=O) groups is 2. The van der Waals surface area contributed by atoms with E-state index in [0.717, 1.165) is 42.2 Å². The first-order valence-corrected chi connectivity index (χ1v) is 35.7. The number of aliphatic hydroxyl groups excluding tert-OH is 14. The van der Waals surface area contributed by atoms with Gasteiger partial charge in [0.2, 0.25) is 6.29 Å². The molecule has 29 heteroatoms. The van der Waals surface area contributed by atoms with Gasteiger partial charge in [-0.2, -0.15) is 0 Å². The number of esters is 1. The quantitative estimate of drug-likeness (QED) is 0.0503. The van der Waals surface area contributed by atoms with Gasteiger partial charge in [-0.15, -0.1) is 0 Å². The van der Waals surface area contributed by atoms with E-state index in [1.54, 1.807) is 38.3 Å². The highest BCUT2D eigenvalue weighted by molar-refractivity contribution is 6.00. The number of ketones is 1. The minimum Gasteiger partial charge on any atom is -0.508 e. The summed E-state index contributed by atoms with van der Waals surface area (Å²) in [6.45, 7) is 17.2. The van der Waals surface area contributed by atoms with Gasteiger partial charge in [0.15, 0.2) is 37.0 Å². The van der Waals surface area contributed by atoms with Crippen LogP contribution in [0.25, 0.3) is 0 Å². The van der Waals surface area contributed by atoms with E-state index >= 15 is 4.79 Å². The van der Waals surface area contributed by atoms with Gasteiger partial charge in [0.25, 0.3) is 0 Å². The van der Waals surface area contributed by atoms with Crippen molar-refractivity contribution in [2.24, 2.45) is 50.2 Å². The van der Waals surface area contributed by atoms with Crippen LogP contribution in [0.5, 0.6) is 17.2 Å². The number of carbonyl (C=O) groups excluding carboxylic acids is 2. The van der Waals surface area contributed by atoms with Gasteiger partial charge in [0, 0.05) is 12.5 Å². The molecular formula is C73H108O29. The average molecular weight is 1450 g/mol. The second-order valence-corrected chi connectivity index (χ2v) is 32.4. The van der Waals surface area contributed by atoms with Gasteiger partial charge in [-0.05, 0) is 146 Å². The van der Waals surface area contributed by atoms with Crippen LogP contribution in [-0.2, 0) is 58.6 Å². The number of aliphatic hydroxyl groups is 14. The first kappa shape index (κ1) is 78.9. The van der Waals surface area contributed by atoms with E-state index in [0.29, 0.717) is 25.7 Å². The van der Waals surface area contributed by atoms with Crippen molar-refractivity contribution >= 4 is 11.8 Å². The SMILES string of the molecule is CC1OC(OC2CCC3(C)C(CCC4(C)C3CC=C3C5CC(C)(C)CCC5(C(=O)OC5OCC(O)C(O)C5OC5OC(C)C(OC6OC(CO)C(O)C(O)C6O)C(O)C5O)C(O)CC34C)C2(C)C)C(O)C(O)C1OC1OCC(O)C(O)C1O.COc1ccc(CC(=O)c2ccc(O)cc2O)cc1. The zero-order chi connectivity index (χ0) is 74.4. The van der Waals surface area contributed by atoms with Crippen LogP contribution in [0.2, 0.25) is 0 Å². The summed E-state index contributed by atoms with van der Waals surface area (Å²) in [5, 5.41) is 171. The maximum atomic E-state index is 15.4. The molecule has 2 aromatic rings. The first-order valence-electron chi connectivity index (χ1n) is 35.7. The van der Waals surface area contributed by atoms with E-state index in [-0.39, 0.29) is 76.8 Å². The van der Waals surface area contributed by atoms with E-state index in [1.807, 2.05) is 0 Å². The zero-order valence-corrected chi connectivity index (χ0v) is 59.4. The van der Waals surface area contributed by atoms with Crippen LogP contribution in [0.1, 0.15) is 136 Å². The number of benzene rings is 2. The number of ether oxygens (including phenoxy) is 11. The van der Waals surface area contributed by atoms with Gasteiger partial charge in [0.05, 0.1) is 56.9 Å². The Hall–Kier alpha value is -4.20. The van der Waals surface area contributed by atoms with Gasteiger partial charge in [-0.3, -0.25) is 9.59 Å². The standard InChI is InChI=1S/C58H94O25.C15H14O4/c1-23-44(80-47-40(69)34(63)27(60)21-74-47)38(67)42(71)48(76-23)79-33-13-14-55(7)30(54(33,5)6)12-15-56(8)31(55)11-10-25-26-18-53(3,4)16-17-58(26,32(62)19-57(25,56)9)52(73)83-51-46(35(64)28(61)22-75-51)82-49-43(72)39(68)45(24(2)77-49)81-50-41(70)37(66)36(65)29(20-59)78-50;1-19-12-5-2-10(3-6-12)8-14(17)13-7-4-11(16)9-15(13)18/h10,23-24,26-51,59-72H,11-22H2,1-9H3;2-7,9,16,18H,8H2,1H3. The molecule has 12 rings (SSSR count). The molecule has 0 radical (unpaired) electrons. The highest BCUT2D eigenvalue weighted by Gasteiger charge is 2.72. The Labute approximate surface area is 592 Å². The lowest BCUT2D eigenvalue weighted by Crippen LogP contribution is -2.68. The normalized spacial score (nSPS) is 46.8. The van der Waals surface area contributed by atoms with Crippen LogP contribution >= 0.6 is 0 Å². The first-order chi connectivity index (χ1) is 47.9. The predicted molar refractivity (Wildman–Crippen MR) is 353 cm³/mol. The average Bonchev–Trinajstić information content (AvgIpc) is 0.672. The number of phenolic OH excluding ortho intramolecular Hbond substituents is 2. The molecule has 32 unspecified atom stereocenters. The molecule has 0 aromatic heterocycles. The summed E-state index contributed by atoms with van der Waals surface area (Å²) in [4.78, 5) is 27.4. The molecule has 5 heterocycles. The zero-order valence-electron chi connectivity index (χ0n) is 59.4. The van der Waals surface area contributed by atoms with E-state index in [9.17, 15) is 86.5 Å². The molecule has 16 N–H and O–H groups in total. The Morgan fingerprint density at radius 3 is 1.75 bits per heavy atom. The molecule has 5 saturated heterocycles. The molecule has 10 aliphatic rings. The third-order valence-electron chi connectivity index (χ3n) is 25.5. The highest BCUT2D eigenvalue weighted by Crippen LogP contribution is 2.76. The molecule has 5 aliphatic heterocycles. The number of methoxy groups -OCH3 is 1. The van der Waals surface area contributed by atoms with E-state index in [2.05, 4.69) is 54.5 Å². The lowest BCUT2D eigenvalue weighted by atomic mass is 9.33. The number of rotatable bonds is 15.